The van der Waals surface area contributed by atoms with Gasteiger partial charge in [-0.3, -0.25) is 4.79 Å². The highest BCUT2D eigenvalue weighted by molar-refractivity contribution is 6.31. The minimum atomic E-state index is -0.327. The van der Waals surface area contributed by atoms with Crippen molar-refractivity contribution in [3.05, 3.63) is 52.6 Å². The summed E-state index contributed by atoms with van der Waals surface area (Å²) >= 11 is 6.09. The first-order valence-electron chi connectivity index (χ1n) is 9.32. The predicted molar refractivity (Wildman–Crippen MR) is 101 cm³/mol. The van der Waals surface area contributed by atoms with E-state index in [0.29, 0.717) is 35.5 Å². The van der Waals surface area contributed by atoms with Crippen LogP contribution in [-0.2, 0) is 11.3 Å². The maximum Gasteiger partial charge on any atom is 0.344 e. The number of aromatic nitrogens is 2. The molecule has 28 heavy (non-hydrogen) atoms. The molecule has 1 aliphatic heterocycles. The second-order valence-corrected chi connectivity index (χ2v) is 7.96. The molecule has 2 aliphatic rings. The Morgan fingerprint density at radius 3 is 2.61 bits per heavy atom. The summed E-state index contributed by atoms with van der Waals surface area (Å²) in [4.78, 5) is 25.8. The van der Waals surface area contributed by atoms with Gasteiger partial charge in [0.2, 0.25) is 0 Å². The molecule has 1 aromatic heterocycles. The Morgan fingerprint density at radius 1 is 1.25 bits per heavy atom. The van der Waals surface area contributed by atoms with Gasteiger partial charge in [-0.05, 0) is 54.5 Å². The number of hydrogen-bond acceptors (Lipinski definition) is 4. The Hall–Kier alpha value is -2.25. The summed E-state index contributed by atoms with van der Waals surface area (Å²) in [5, 5.41) is 4.55. The van der Waals surface area contributed by atoms with Gasteiger partial charge in [-0.15, -0.1) is 0 Å². The number of rotatable bonds is 4. The van der Waals surface area contributed by atoms with Crippen LogP contribution in [0.4, 0.5) is 9.18 Å². The van der Waals surface area contributed by atoms with Crippen LogP contribution in [0.2, 0.25) is 5.02 Å². The topological polar surface area (TPSA) is 64.4 Å². The number of ether oxygens (including phenoxy) is 1. The average molecular weight is 406 g/mol. The molecular formula is C20H21ClFN3O3. The van der Waals surface area contributed by atoms with E-state index in [1.165, 1.54) is 36.0 Å². The van der Waals surface area contributed by atoms with Gasteiger partial charge in [-0.1, -0.05) is 11.6 Å². The highest BCUT2D eigenvalue weighted by Gasteiger charge is 2.43. The summed E-state index contributed by atoms with van der Waals surface area (Å²) in [5.74, 6) is 0.259. The zero-order chi connectivity index (χ0) is 19.8. The number of fused-ring (bicyclic) bond motifs is 1. The first-order valence-corrected chi connectivity index (χ1v) is 9.70. The molecule has 1 aromatic carbocycles. The number of likely N-dealkylation sites (tertiary alicyclic amines) is 1. The minimum absolute atomic E-state index is 0.0839. The fourth-order valence-electron chi connectivity index (χ4n) is 4.16. The molecule has 6 nitrogen and oxygen atoms in total. The van der Waals surface area contributed by atoms with Crippen molar-refractivity contribution in [1.82, 2.24) is 14.7 Å². The third-order valence-corrected chi connectivity index (χ3v) is 5.98. The van der Waals surface area contributed by atoms with E-state index in [2.05, 4.69) is 5.10 Å². The van der Waals surface area contributed by atoms with Crippen molar-refractivity contribution in [3.8, 4) is 0 Å². The second kappa shape index (κ2) is 7.64. The molecule has 1 unspecified atom stereocenters. The predicted octanol–water partition coefficient (Wildman–Crippen LogP) is 3.77. The molecule has 8 heteroatoms. The van der Waals surface area contributed by atoms with Crippen LogP contribution in [0, 0.1) is 17.7 Å². The molecule has 2 heterocycles. The first kappa shape index (κ1) is 19.1. The van der Waals surface area contributed by atoms with E-state index in [9.17, 15) is 14.0 Å². The highest BCUT2D eigenvalue weighted by atomic mass is 35.5. The van der Waals surface area contributed by atoms with E-state index < -0.39 is 0 Å². The van der Waals surface area contributed by atoms with Crippen molar-refractivity contribution in [2.75, 3.05) is 13.1 Å². The van der Waals surface area contributed by atoms with Crippen molar-refractivity contribution in [3.63, 3.8) is 0 Å². The van der Waals surface area contributed by atoms with Crippen LogP contribution in [0.3, 0.4) is 0 Å². The van der Waals surface area contributed by atoms with Crippen molar-refractivity contribution in [2.45, 2.75) is 32.5 Å². The highest BCUT2D eigenvalue weighted by Crippen LogP contribution is 2.40. The summed E-state index contributed by atoms with van der Waals surface area (Å²) in [6.07, 6.45) is 3.33. The van der Waals surface area contributed by atoms with Gasteiger partial charge in [0.25, 0.3) is 0 Å². The zero-order valence-electron chi connectivity index (χ0n) is 15.5. The molecule has 4 rings (SSSR count). The molecule has 1 aliphatic carbocycles. The lowest BCUT2D eigenvalue weighted by Gasteiger charge is -2.19. The lowest BCUT2D eigenvalue weighted by molar-refractivity contribution is 0.0382. The maximum absolute atomic E-state index is 13.4. The standard InChI is InChI=1S/C20H21ClFN3O3/c1-12(26)19-4-5-25(23-19)20(27)24-9-13-7-17(8-14(13)10-24)28-11-15-6-16(22)2-3-18(15)21/h2-6,13-14,17H,7-11H2,1H3/t13-,14+,17?. The minimum Gasteiger partial charge on any atom is -0.373 e. The van der Waals surface area contributed by atoms with Crippen molar-refractivity contribution in [1.29, 1.82) is 0 Å². The van der Waals surface area contributed by atoms with Gasteiger partial charge in [-0.2, -0.15) is 9.78 Å². The lowest BCUT2D eigenvalue weighted by atomic mass is 10.0. The molecule has 0 spiro atoms. The van der Waals surface area contributed by atoms with Gasteiger partial charge in [0.15, 0.2) is 5.78 Å². The van der Waals surface area contributed by atoms with E-state index in [4.69, 9.17) is 16.3 Å². The van der Waals surface area contributed by atoms with E-state index in [0.717, 1.165) is 12.8 Å². The van der Waals surface area contributed by atoms with Crippen LogP contribution in [0.5, 0.6) is 0 Å². The van der Waals surface area contributed by atoms with E-state index in [1.54, 1.807) is 11.0 Å². The summed E-state index contributed by atoms with van der Waals surface area (Å²) in [5.41, 5.74) is 0.938. The molecule has 148 valence electrons. The van der Waals surface area contributed by atoms with Gasteiger partial charge < -0.3 is 9.64 Å². The molecule has 3 atom stereocenters. The normalized spacial score (nSPS) is 23.8. The molecule has 1 saturated carbocycles. The third-order valence-electron chi connectivity index (χ3n) is 5.61. The van der Waals surface area contributed by atoms with Crippen LogP contribution < -0.4 is 0 Å². The largest absolute Gasteiger partial charge is 0.373 e. The average Bonchev–Trinajstić information content (AvgIpc) is 3.36. The molecule has 0 bridgehead atoms. The Labute approximate surface area is 167 Å². The monoisotopic (exact) mass is 405 g/mol. The van der Waals surface area contributed by atoms with E-state index >= 15 is 0 Å². The fourth-order valence-corrected chi connectivity index (χ4v) is 4.33. The number of Topliss-reactive ketones (excluding diaryl/α,β-unsaturated/α-hetero) is 1. The molecule has 0 N–H and O–H groups in total. The van der Waals surface area contributed by atoms with E-state index in [1.807, 2.05) is 0 Å². The molecule has 2 fully saturated rings. The molecule has 0 radical (unpaired) electrons. The van der Waals surface area contributed by atoms with Crippen LogP contribution in [-0.4, -0.2) is 45.7 Å². The summed E-state index contributed by atoms with van der Waals surface area (Å²) in [6.45, 7) is 3.01. The number of carbonyl (C=O) groups excluding carboxylic acids is 2. The summed E-state index contributed by atoms with van der Waals surface area (Å²) in [7, 11) is 0. The number of carbonyl (C=O) groups is 2. The smallest absolute Gasteiger partial charge is 0.344 e. The zero-order valence-corrected chi connectivity index (χ0v) is 16.2. The van der Waals surface area contributed by atoms with Gasteiger partial charge >= 0.3 is 6.03 Å². The number of ketones is 1. The Morgan fingerprint density at radius 2 is 1.96 bits per heavy atom. The number of amides is 1. The molecular weight excluding hydrogens is 385 g/mol. The van der Waals surface area contributed by atoms with Gasteiger partial charge in [0.1, 0.15) is 11.5 Å². The number of hydrogen-bond donors (Lipinski definition) is 0. The van der Waals surface area contributed by atoms with Crippen LogP contribution >= 0.6 is 11.6 Å². The van der Waals surface area contributed by atoms with E-state index in [-0.39, 0.29) is 36.0 Å². The number of halogens is 2. The SMILES string of the molecule is CC(=O)c1ccn(C(=O)N2C[C@H]3CC(OCc4cc(F)ccc4Cl)C[C@H]3C2)n1. The maximum atomic E-state index is 13.4. The van der Waals surface area contributed by atoms with Crippen molar-refractivity contribution < 1.29 is 18.7 Å². The number of benzene rings is 1. The Bertz CT molecular complexity index is 902. The quantitative estimate of drug-likeness (QED) is 0.726. The fraction of sp³-hybridized carbons (Fsp3) is 0.450. The van der Waals surface area contributed by atoms with Crippen molar-refractivity contribution >= 4 is 23.4 Å². The first-order chi connectivity index (χ1) is 13.4. The van der Waals surface area contributed by atoms with Gasteiger partial charge in [0.05, 0.1) is 12.7 Å². The van der Waals surface area contributed by atoms with Gasteiger partial charge in [-0.25, -0.2) is 9.18 Å². The summed E-state index contributed by atoms with van der Waals surface area (Å²) in [6, 6.07) is 5.62. The molecule has 1 amide bonds. The van der Waals surface area contributed by atoms with Crippen molar-refractivity contribution in [2.24, 2.45) is 11.8 Å². The third kappa shape index (κ3) is 3.82. The number of nitrogens with zero attached hydrogens (tertiary/aromatic N) is 3. The van der Waals surface area contributed by atoms with Crippen LogP contribution in [0.25, 0.3) is 0 Å². The lowest BCUT2D eigenvalue weighted by Crippen LogP contribution is -2.34. The molecule has 2 aromatic rings. The Balaban J connectivity index is 1.31. The van der Waals surface area contributed by atoms with Gasteiger partial charge in [0, 0.05) is 31.2 Å². The van der Waals surface area contributed by atoms with Crippen LogP contribution in [0.1, 0.15) is 35.8 Å². The van der Waals surface area contributed by atoms with Crippen LogP contribution in [0.15, 0.2) is 30.5 Å². The molecule has 1 saturated heterocycles. The Kier molecular flexibility index (Phi) is 5.21. The summed E-state index contributed by atoms with van der Waals surface area (Å²) < 4.78 is 20.6. The second-order valence-electron chi connectivity index (χ2n) is 7.55.